The zero-order valence-corrected chi connectivity index (χ0v) is 17.8. The molecule has 0 radical (unpaired) electrons. The van der Waals surface area contributed by atoms with E-state index >= 15 is 0 Å². The molecule has 0 unspecified atom stereocenters. The Morgan fingerprint density at radius 2 is 1.72 bits per heavy atom. The second-order valence-corrected chi connectivity index (χ2v) is 4.86. The molecular weight excluding hydrogens is 513 g/mol. The molecule has 1 N–H and O–H groups in total. The van der Waals surface area contributed by atoms with E-state index in [-0.39, 0.29) is 0 Å². The van der Waals surface area contributed by atoms with Crippen LogP contribution < -0.4 is 14.2 Å². The van der Waals surface area contributed by atoms with E-state index in [0.29, 0.717) is 17.2 Å². The predicted octanol–water partition coefficient (Wildman–Crippen LogP) is 0.790. The maximum Gasteiger partial charge on any atom is 0.215 e. The number of hydrogen-bond donors (Lipinski definition) is 1. The van der Waals surface area contributed by atoms with E-state index in [4.69, 9.17) is 9.47 Å². The molecule has 1 aromatic carbocycles. The van der Waals surface area contributed by atoms with E-state index in [2.05, 4.69) is 11.3 Å². The predicted molar refractivity (Wildman–Crippen MR) is 64.6 cm³/mol. The van der Waals surface area contributed by atoms with Crippen LogP contribution in [-0.4, -0.2) is 35.2 Å². The van der Waals surface area contributed by atoms with Gasteiger partial charge in [-0.2, -0.15) is 0 Å². The summed E-state index contributed by atoms with van der Waals surface area (Å²) in [7, 11) is -0.402. The van der Waals surface area contributed by atoms with Crippen molar-refractivity contribution in [1.82, 2.24) is 4.72 Å². The second kappa shape index (κ2) is 6.09. The molecule has 6 nitrogen and oxygen atoms in total. The van der Waals surface area contributed by atoms with Gasteiger partial charge in [0.15, 0.2) is 0 Å². The summed E-state index contributed by atoms with van der Waals surface area (Å²) in [6.07, 6.45) is 3.23. The van der Waals surface area contributed by atoms with Gasteiger partial charge < -0.3 is 19.2 Å². The molecule has 0 heterocycles. The van der Waals surface area contributed by atoms with Gasteiger partial charge in [-0.25, -0.2) is 8.42 Å². The van der Waals surface area contributed by atoms with Crippen molar-refractivity contribution in [3.63, 3.8) is 0 Å². The Balaban J connectivity index is 0.00000289. The monoisotopic (exact) mass is 526 g/mol. The third-order valence-corrected chi connectivity index (χ3v) is 2.26. The number of methoxy groups -OCH3 is 2. The first-order chi connectivity index (χ1) is 7.98. The fourth-order valence-corrected chi connectivity index (χ4v) is 1.31. The van der Waals surface area contributed by atoms with Crippen molar-refractivity contribution in [2.45, 2.75) is 0 Å². The zero-order valence-electron chi connectivity index (χ0n) is 10.4. The molecule has 0 saturated carbocycles. The van der Waals surface area contributed by atoms with Crippen LogP contribution in [0.25, 0.3) is 0 Å². The van der Waals surface area contributed by atoms with Crippen molar-refractivity contribution in [3.05, 3.63) is 18.2 Å². The zero-order chi connectivity index (χ0) is 12.9. The Labute approximate surface area is 100 Å². The van der Waals surface area contributed by atoms with Gasteiger partial charge in [0.1, 0.15) is 0 Å². The second-order valence-electron chi connectivity index (χ2n) is 3.11. The minimum atomic E-state index is -3.37. The molecule has 0 atom stereocenters. The van der Waals surface area contributed by atoms with E-state index in [1.807, 2.05) is 4.72 Å². The van der Waals surface area contributed by atoms with Crippen LogP contribution in [0.2, 0.25) is 0 Å². The number of nitrogens with one attached hydrogen (secondary N) is 1. The van der Waals surface area contributed by atoms with Gasteiger partial charge in [-0.3, -0.25) is 0 Å². The molecule has 0 fully saturated rings. The average molecular weight is 526 g/mol. The van der Waals surface area contributed by atoms with E-state index in [1.54, 1.807) is 18.2 Å². The fraction of sp³-hybridized carbons (Fsp3) is 0.300. The summed E-state index contributed by atoms with van der Waals surface area (Å²) < 4.78 is 33.8. The van der Waals surface area contributed by atoms with Gasteiger partial charge in [0.05, 0.1) is 32.0 Å². The third kappa shape index (κ3) is 4.01. The van der Waals surface area contributed by atoms with Crippen LogP contribution in [0.1, 0.15) is 0 Å². The number of sulfonamides is 1. The van der Waals surface area contributed by atoms with Crippen LogP contribution in [0, 0.1) is 0 Å². The van der Waals surface area contributed by atoms with Gasteiger partial charge in [0.2, 0.25) is 10.0 Å². The molecule has 18 heavy (non-hydrogen) atoms. The molecular formula is C10H13HsN2O4S-. The molecule has 96 valence electrons. The van der Waals surface area contributed by atoms with E-state index in [0.717, 1.165) is 6.26 Å². The van der Waals surface area contributed by atoms with Crippen molar-refractivity contribution in [2.24, 2.45) is 4.99 Å². The first-order valence-electron chi connectivity index (χ1n) is 4.61. The molecule has 0 aliphatic heterocycles. The summed E-state index contributed by atoms with van der Waals surface area (Å²) >= 11 is 0. The van der Waals surface area contributed by atoms with Gasteiger partial charge in [0, 0.05) is 0 Å². The first kappa shape index (κ1) is 15.2. The third-order valence-electron chi connectivity index (χ3n) is 1.80. The Morgan fingerprint density at radius 1 is 1.22 bits per heavy atom. The molecule has 0 spiro atoms. The number of benzene rings is 1. The minimum absolute atomic E-state index is 0. The quantitative estimate of drug-likeness (QED) is 0.267. The number of para-hydroxylation sites is 1. The van der Waals surface area contributed by atoms with Gasteiger partial charge in [-0.05, 0) is 17.8 Å². The number of ether oxygens (including phenoxy) is 2. The van der Waals surface area contributed by atoms with E-state index < -0.39 is 10.0 Å². The van der Waals surface area contributed by atoms with Crippen LogP contribution in [0.3, 0.4) is 0 Å². The number of rotatable bonds is 5. The molecule has 0 aromatic heterocycles. The average Bonchev–Trinajstić information content (AvgIpc) is 2.27. The summed E-state index contributed by atoms with van der Waals surface area (Å²) in [6.45, 7) is 0. The number of hydrogen-bond acceptors (Lipinski definition) is 5. The number of aliphatic imine (C=N–C) groups is 1. The summed E-state index contributed by atoms with van der Waals surface area (Å²) in [6, 6.07) is 5.10. The van der Waals surface area contributed by atoms with Crippen LogP contribution in [0.15, 0.2) is 23.2 Å². The summed E-state index contributed by atoms with van der Waals surface area (Å²) in [5.74, 6) is 0.930. The maximum atomic E-state index is 10.8. The molecule has 0 saturated heterocycles. The summed E-state index contributed by atoms with van der Waals surface area (Å²) in [5, 5.41) is 0. The largest absolute Gasteiger partial charge is 0.513 e. The Kier molecular flexibility index (Phi) is 5.16. The minimum Gasteiger partial charge on any atom is -0.513 e. The van der Waals surface area contributed by atoms with Crippen LogP contribution in [0.4, 0.5) is 5.69 Å². The molecule has 0 amide bonds. The number of nitrogens with zero attached hydrogens (tertiary/aromatic N) is 1. The Bertz CT molecular complexity index is 494. The van der Waals surface area contributed by atoms with Crippen molar-refractivity contribution >= 4 is 22.0 Å². The van der Waals surface area contributed by atoms with Crippen molar-refractivity contribution in [3.8, 4) is 11.5 Å². The molecule has 1 rings (SSSR count). The Morgan fingerprint density at radius 3 is 2.11 bits per heavy atom. The maximum absolute atomic E-state index is 10.8. The fourth-order valence-electron chi connectivity index (χ4n) is 1.10. The van der Waals surface area contributed by atoms with E-state index in [9.17, 15) is 8.42 Å². The topological polar surface area (TPSA) is 77.0 Å². The summed E-state index contributed by atoms with van der Waals surface area (Å²) in [5.41, 5.74) is 0.369. The van der Waals surface area contributed by atoms with Crippen LogP contribution in [-0.2, 0) is 10.0 Å². The van der Waals surface area contributed by atoms with Gasteiger partial charge in [-0.1, -0.05) is 12.4 Å². The van der Waals surface area contributed by atoms with Crippen LogP contribution >= 0.6 is 0 Å². The van der Waals surface area contributed by atoms with Gasteiger partial charge in [-0.15, -0.1) is 0 Å². The van der Waals surface area contributed by atoms with E-state index in [1.165, 1.54) is 14.2 Å². The normalized spacial score (nSPS) is 10.8. The molecule has 8 heteroatoms. The van der Waals surface area contributed by atoms with Crippen molar-refractivity contribution < 1.29 is 17.9 Å². The van der Waals surface area contributed by atoms with Gasteiger partial charge >= 0.3 is 0 Å². The molecule has 0 aliphatic carbocycles. The molecule has 1 aromatic rings. The standard InChI is InChI=1S/C10H13N2O4S.Hs/c1-15-8-5-4-6-9(16-2)10(8)11-7-12-17(3,13)14;/h4-6H,1-3H3,(H,11,12);/q-1;. The van der Waals surface area contributed by atoms with Crippen molar-refractivity contribution in [1.29, 1.82) is 0 Å². The van der Waals surface area contributed by atoms with Gasteiger partial charge in [0.25, 0.3) is 0 Å². The molecule has 0 bridgehead atoms. The molecule has 0 aliphatic rings. The Hall–Kier alpha value is -2.76. The smallest absolute Gasteiger partial charge is 0.215 e. The SMILES string of the molecule is COc1cccc(OC)c1N=[C-]NS(C)(=O)=O.[Hs]. The van der Waals surface area contributed by atoms with Crippen molar-refractivity contribution in [2.75, 3.05) is 20.5 Å². The summed E-state index contributed by atoms with van der Waals surface area (Å²) in [4.78, 5) is 3.84. The van der Waals surface area contributed by atoms with Crippen LogP contribution in [0.5, 0.6) is 11.5 Å². The first-order valence-corrected chi connectivity index (χ1v) is 6.50.